The predicted octanol–water partition coefficient (Wildman–Crippen LogP) is 5.51. The standard InChI is InChI=1S/C19H11ClFN3O2S/c20-13-3-1-2-12(8-13)15-9-16(26-24-15)18(25)23-19-17(22-10-27-19)11-4-6-14(21)7-5-11/h1-10H,(H,23,25). The highest BCUT2D eigenvalue weighted by atomic mass is 35.5. The summed E-state index contributed by atoms with van der Waals surface area (Å²) in [4.78, 5) is 16.8. The van der Waals surface area contributed by atoms with Crippen LogP contribution in [0.3, 0.4) is 0 Å². The number of halogens is 2. The van der Waals surface area contributed by atoms with Crippen molar-refractivity contribution < 1.29 is 13.7 Å². The quantitative estimate of drug-likeness (QED) is 0.491. The number of benzene rings is 2. The summed E-state index contributed by atoms with van der Waals surface area (Å²) in [5.41, 5.74) is 4.11. The zero-order chi connectivity index (χ0) is 18.8. The Morgan fingerprint density at radius 1 is 1.11 bits per heavy atom. The monoisotopic (exact) mass is 399 g/mol. The Kier molecular flexibility index (Phi) is 4.70. The number of carbonyl (C=O) groups excluding carboxylic acids is 1. The van der Waals surface area contributed by atoms with Crippen LogP contribution in [0.15, 0.2) is 64.6 Å². The van der Waals surface area contributed by atoms with Crippen LogP contribution in [0.25, 0.3) is 22.5 Å². The molecule has 4 aromatic rings. The first-order valence-electron chi connectivity index (χ1n) is 7.83. The smallest absolute Gasteiger partial charge is 0.294 e. The average Bonchev–Trinajstić information content (AvgIpc) is 3.32. The third-order valence-electron chi connectivity index (χ3n) is 3.77. The molecule has 5 nitrogen and oxygen atoms in total. The number of aromatic nitrogens is 2. The van der Waals surface area contributed by atoms with Crippen molar-refractivity contribution in [3.05, 3.63) is 76.7 Å². The molecule has 2 aromatic carbocycles. The molecule has 0 radical (unpaired) electrons. The molecule has 0 atom stereocenters. The zero-order valence-electron chi connectivity index (χ0n) is 13.6. The van der Waals surface area contributed by atoms with Gasteiger partial charge in [-0.05, 0) is 36.4 Å². The molecule has 2 heterocycles. The number of hydrogen-bond donors (Lipinski definition) is 1. The molecule has 0 aliphatic heterocycles. The van der Waals surface area contributed by atoms with Crippen molar-refractivity contribution in [2.75, 3.05) is 5.32 Å². The predicted molar refractivity (Wildman–Crippen MR) is 102 cm³/mol. The van der Waals surface area contributed by atoms with Gasteiger partial charge >= 0.3 is 0 Å². The molecule has 0 aliphatic rings. The van der Waals surface area contributed by atoms with Crippen LogP contribution in [-0.4, -0.2) is 16.0 Å². The highest BCUT2D eigenvalue weighted by Gasteiger charge is 2.18. The largest absolute Gasteiger partial charge is 0.350 e. The van der Waals surface area contributed by atoms with Gasteiger partial charge in [-0.2, -0.15) is 0 Å². The fourth-order valence-electron chi connectivity index (χ4n) is 2.48. The van der Waals surface area contributed by atoms with Crippen molar-refractivity contribution in [2.24, 2.45) is 0 Å². The molecule has 4 rings (SSSR count). The molecule has 0 saturated carbocycles. The van der Waals surface area contributed by atoms with Crippen molar-refractivity contribution in [1.82, 2.24) is 10.1 Å². The Morgan fingerprint density at radius 2 is 1.93 bits per heavy atom. The van der Waals surface area contributed by atoms with E-state index in [1.54, 1.807) is 41.9 Å². The van der Waals surface area contributed by atoms with Gasteiger partial charge in [0.2, 0.25) is 5.76 Å². The number of nitrogens with one attached hydrogen (secondary N) is 1. The van der Waals surface area contributed by atoms with Gasteiger partial charge in [-0.25, -0.2) is 9.37 Å². The lowest BCUT2D eigenvalue weighted by Crippen LogP contribution is -2.10. The van der Waals surface area contributed by atoms with Crippen LogP contribution in [0.2, 0.25) is 5.02 Å². The molecule has 1 N–H and O–H groups in total. The van der Waals surface area contributed by atoms with E-state index in [9.17, 15) is 9.18 Å². The number of amides is 1. The van der Waals surface area contributed by atoms with Crippen LogP contribution in [-0.2, 0) is 0 Å². The van der Waals surface area contributed by atoms with Gasteiger partial charge in [0, 0.05) is 22.2 Å². The first-order chi connectivity index (χ1) is 13.1. The lowest BCUT2D eigenvalue weighted by Gasteiger charge is -2.03. The van der Waals surface area contributed by atoms with E-state index in [1.165, 1.54) is 23.5 Å². The SMILES string of the molecule is O=C(Nc1scnc1-c1ccc(F)cc1)c1cc(-c2cccc(Cl)c2)no1. The fraction of sp³-hybridized carbons (Fsp3) is 0. The van der Waals surface area contributed by atoms with Gasteiger partial charge < -0.3 is 9.84 Å². The number of hydrogen-bond acceptors (Lipinski definition) is 5. The Hall–Kier alpha value is -3.03. The number of nitrogens with zero attached hydrogens (tertiary/aromatic N) is 2. The molecule has 0 fully saturated rings. The summed E-state index contributed by atoms with van der Waals surface area (Å²) in [6.45, 7) is 0. The van der Waals surface area contributed by atoms with Crippen LogP contribution >= 0.6 is 22.9 Å². The summed E-state index contributed by atoms with van der Waals surface area (Å²) in [6.07, 6.45) is 0. The molecule has 1 amide bonds. The van der Waals surface area contributed by atoms with Crippen molar-refractivity contribution in [3.63, 3.8) is 0 Å². The first kappa shape index (κ1) is 17.4. The van der Waals surface area contributed by atoms with Crippen molar-refractivity contribution >= 4 is 33.8 Å². The summed E-state index contributed by atoms with van der Waals surface area (Å²) in [5.74, 6) is -0.735. The Morgan fingerprint density at radius 3 is 2.70 bits per heavy atom. The molecular formula is C19H11ClFN3O2S. The van der Waals surface area contributed by atoms with Gasteiger partial charge in [0.05, 0.1) is 5.51 Å². The second-order valence-electron chi connectivity index (χ2n) is 5.58. The molecule has 0 saturated heterocycles. The molecular weight excluding hydrogens is 389 g/mol. The minimum Gasteiger partial charge on any atom is -0.350 e. The Bertz CT molecular complexity index is 1110. The minimum atomic E-state index is -0.455. The van der Waals surface area contributed by atoms with Gasteiger partial charge in [0.1, 0.15) is 22.2 Å². The molecule has 0 unspecified atom stereocenters. The zero-order valence-corrected chi connectivity index (χ0v) is 15.2. The third kappa shape index (κ3) is 3.74. The van der Waals surface area contributed by atoms with Gasteiger partial charge in [-0.3, -0.25) is 4.79 Å². The Labute approximate surface area is 162 Å². The van der Waals surface area contributed by atoms with Crippen LogP contribution in [0.4, 0.5) is 9.39 Å². The van der Waals surface area contributed by atoms with E-state index in [0.717, 1.165) is 5.56 Å². The van der Waals surface area contributed by atoms with E-state index in [4.69, 9.17) is 16.1 Å². The number of carbonyl (C=O) groups is 1. The maximum atomic E-state index is 13.1. The summed E-state index contributed by atoms with van der Waals surface area (Å²) >= 11 is 7.24. The van der Waals surface area contributed by atoms with E-state index in [1.807, 2.05) is 6.07 Å². The summed E-state index contributed by atoms with van der Waals surface area (Å²) < 4.78 is 18.3. The third-order valence-corrected chi connectivity index (χ3v) is 4.74. The number of thiazole rings is 1. The van der Waals surface area contributed by atoms with E-state index in [2.05, 4.69) is 15.5 Å². The van der Waals surface area contributed by atoms with Gasteiger partial charge in [0.15, 0.2) is 0 Å². The fourth-order valence-corrected chi connectivity index (χ4v) is 3.37. The maximum absolute atomic E-state index is 13.1. The van der Waals surface area contributed by atoms with E-state index in [-0.39, 0.29) is 11.6 Å². The topological polar surface area (TPSA) is 68.0 Å². The van der Waals surface area contributed by atoms with E-state index >= 15 is 0 Å². The molecule has 0 bridgehead atoms. The van der Waals surface area contributed by atoms with E-state index in [0.29, 0.717) is 27.0 Å². The first-order valence-corrected chi connectivity index (χ1v) is 9.09. The summed E-state index contributed by atoms with van der Waals surface area (Å²) in [5, 5.41) is 7.78. The molecule has 8 heteroatoms. The van der Waals surface area contributed by atoms with Gasteiger partial charge in [0.25, 0.3) is 5.91 Å². The molecule has 134 valence electrons. The van der Waals surface area contributed by atoms with Crippen LogP contribution in [0, 0.1) is 5.82 Å². The van der Waals surface area contributed by atoms with Crippen LogP contribution < -0.4 is 5.32 Å². The van der Waals surface area contributed by atoms with Gasteiger partial charge in [-0.15, -0.1) is 11.3 Å². The van der Waals surface area contributed by atoms with Crippen molar-refractivity contribution in [1.29, 1.82) is 0 Å². The maximum Gasteiger partial charge on any atom is 0.294 e. The normalized spacial score (nSPS) is 10.7. The molecule has 2 aromatic heterocycles. The second-order valence-corrected chi connectivity index (χ2v) is 6.87. The van der Waals surface area contributed by atoms with Crippen molar-refractivity contribution in [3.8, 4) is 22.5 Å². The lowest BCUT2D eigenvalue weighted by atomic mass is 10.1. The summed E-state index contributed by atoms with van der Waals surface area (Å²) in [7, 11) is 0. The highest BCUT2D eigenvalue weighted by Crippen LogP contribution is 2.31. The minimum absolute atomic E-state index is 0.0587. The number of anilines is 1. The van der Waals surface area contributed by atoms with Crippen LogP contribution in [0.5, 0.6) is 0 Å². The molecule has 27 heavy (non-hydrogen) atoms. The highest BCUT2D eigenvalue weighted by molar-refractivity contribution is 7.14. The van der Waals surface area contributed by atoms with Gasteiger partial charge in [-0.1, -0.05) is 28.9 Å². The second kappa shape index (κ2) is 7.30. The van der Waals surface area contributed by atoms with Crippen LogP contribution in [0.1, 0.15) is 10.6 Å². The number of rotatable bonds is 4. The molecule has 0 spiro atoms. The molecule has 0 aliphatic carbocycles. The van der Waals surface area contributed by atoms with E-state index < -0.39 is 5.91 Å². The average molecular weight is 400 g/mol. The van der Waals surface area contributed by atoms with Crippen molar-refractivity contribution in [2.45, 2.75) is 0 Å². The summed E-state index contributed by atoms with van der Waals surface area (Å²) in [6, 6.07) is 14.5. The Balaban J connectivity index is 1.56. The lowest BCUT2D eigenvalue weighted by molar-refractivity contribution is 0.0988.